The number of hydrogen-bond donors (Lipinski definition) is 0. The average Bonchev–Trinajstić information content (AvgIpc) is 2.62. The highest BCUT2D eigenvalue weighted by atomic mass is 79.9. The number of halogens is 1. The van der Waals surface area contributed by atoms with Crippen molar-refractivity contribution in [1.29, 1.82) is 0 Å². The number of carbonyl (C=O) groups is 1. The number of rotatable bonds is 2. The molecule has 0 unspecified atom stereocenters. The van der Waals surface area contributed by atoms with Crippen LogP contribution in [0.5, 0.6) is 0 Å². The van der Waals surface area contributed by atoms with E-state index in [1.165, 1.54) is 11.3 Å². The second-order valence-electron chi connectivity index (χ2n) is 3.80. The quantitative estimate of drug-likeness (QED) is 0.752. The summed E-state index contributed by atoms with van der Waals surface area (Å²) in [6.07, 6.45) is 0. The van der Waals surface area contributed by atoms with E-state index < -0.39 is 0 Å². The van der Waals surface area contributed by atoms with E-state index in [2.05, 4.69) is 22.0 Å². The first-order valence-electron chi connectivity index (χ1n) is 4.94. The van der Waals surface area contributed by atoms with Gasteiger partial charge in [-0.15, -0.1) is 11.3 Å². The Bertz CT molecular complexity index is 522. The van der Waals surface area contributed by atoms with Gasteiger partial charge in [-0.05, 0) is 53.4 Å². The normalized spacial score (nSPS) is 10.4. The molecule has 0 fully saturated rings. The zero-order valence-electron chi connectivity index (χ0n) is 9.08. The van der Waals surface area contributed by atoms with Crippen molar-refractivity contribution in [3.63, 3.8) is 0 Å². The van der Waals surface area contributed by atoms with Crippen molar-refractivity contribution >= 4 is 33.0 Å². The molecule has 16 heavy (non-hydrogen) atoms. The third kappa shape index (κ3) is 2.25. The van der Waals surface area contributed by atoms with Crippen molar-refractivity contribution in [3.05, 3.63) is 55.7 Å². The third-order valence-electron chi connectivity index (χ3n) is 2.31. The van der Waals surface area contributed by atoms with Crippen LogP contribution in [0, 0.1) is 13.8 Å². The Kier molecular flexibility index (Phi) is 3.26. The molecule has 0 amide bonds. The van der Waals surface area contributed by atoms with Gasteiger partial charge in [0.05, 0.1) is 4.88 Å². The van der Waals surface area contributed by atoms with Crippen molar-refractivity contribution in [2.24, 2.45) is 0 Å². The fourth-order valence-corrected chi connectivity index (χ4v) is 3.21. The Morgan fingerprint density at radius 2 is 1.81 bits per heavy atom. The van der Waals surface area contributed by atoms with Crippen LogP contribution in [-0.2, 0) is 0 Å². The Hall–Kier alpha value is -0.930. The van der Waals surface area contributed by atoms with Gasteiger partial charge >= 0.3 is 0 Å². The molecule has 3 heteroatoms. The molecule has 2 rings (SSSR count). The van der Waals surface area contributed by atoms with Gasteiger partial charge in [0.2, 0.25) is 5.78 Å². The molecule has 1 heterocycles. The number of ketones is 1. The van der Waals surface area contributed by atoms with E-state index in [4.69, 9.17) is 0 Å². The monoisotopic (exact) mass is 294 g/mol. The minimum atomic E-state index is 0.0914. The molecular weight excluding hydrogens is 284 g/mol. The molecule has 0 spiro atoms. The van der Waals surface area contributed by atoms with Crippen molar-refractivity contribution < 1.29 is 4.79 Å². The van der Waals surface area contributed by atoms with Crippen LogP contribution in [0.25, 0.3) is 0 Å². The van der Waals surface area contributed by atoms with E-state index in [0.717, 1.165) is 26.0 Å². The minimum Gasteiger partial charge on any atom is -0.288 e. The molecule has 0 bridgehead atoms. The molecule has 0 N–H and O–H groups in total. The Balaban J connectivity index is 2.45. The maximum atomic E-state index is 12.2. The van der Waals surface area contributed by atoms with Gasteiger partial charge in [0.25, 0.3) is 0 Å². The van der Waals surface area contributed by atoms with Crippen molar-refractivity contribution in [3.8, 4) is 0 Å². The molecule has 0 saturated carbocycles. The molecule has 0 saturated heterocycles. The van der Waals surface area contributed by atoms with E-state index in [-0.39, 0.29) is 5.78 Å². The van der Waals surface area contributed by atoms with Crippen LogP contribution in [0.1, 0.15) is 26.4 Å². The van der Waals surface area contributed by atoms with Crippen molar-refractivity contribution in [2.45, 2.75) is 13.8 Å². The molecular formula is C13H11BrOS. The predicted molar refractivity (Wildman–Crippen MR) is 71.4 cm³/mol. The summed E-state index contributed by atoms with van der Waals surface area (Å²) in [4.78, 5) is 13.0. The molecule has 0 atom stereocenters. The Morgan fingerprint density at radius 1 is 1.19 bits per heavy atom. The first kappa shape index (κ1) is 11.6. The fourth-order valence-electron chi connectivity index (χ4n) is 1.69. The number of hydrogen-bond acceptors (Lipinski definition) is 2. The standard InChI is InChI=1S/C13H11BrOS/c1-8-5-9(2)7-10(6-8)12(15)13-11(14)3-4-16-13/h3-7H,1-2H3. The maximum absolute atomic E-state index is 12.2. The fraction of sp³-hybridized carbons (Fsp3) is 0.154. The number of aryl methyl sites for hydroxylation is 2. The van der Waals surface area contributed by atoms with Crippen LogP contribution in [0.4, 0.5) is 0 Å². The van der Waals surface area contributed by atoms with Gasteiger partial charge in [-0.3, -0.25) is 4.79 Å². The first-order valence-corrected chi connectivity index (χ1v) is 6.61. The van der Waals surface area contributed by atoms with Gasteiger partial charge in [0.1, 0.15) is 0 Å². The number of benzene rings is 1. The first-order chi connectivity index (χ1) is 7.58. The number of carbonyl (C=O) groups excluding carboxylic acids is 1. The van der Waals surface area contributed by atoms with E-state index >= 15 is 0 Å². The van der Waals surface area contributed by atoms with E-state index in [0.29, 0.717) is 0 Å². The van der Waals surface area contributed by atoms with Crippen LogP contribution in [-0.4, -0.2) is 5.78 Å². The summed E-state index contributed by atoms with van der Waals surface area (Å²) >= 11 is 4.86. The second kappa shape index (κ2) is 4.52. The van der Waals surface area contributed by atoms with E-state index in [9.17, 15) is 4.79 Å². The van der Waals surface area contributed by atoms with Crippen LogP contribution < -0.4 is 0 Å². The molecule has 1 aromatic carbocycles. The Morgan fingerprint density at radius 3 is 2.31 bits per heavy atom. The smallest absolute Gasteiger partial charge is 0.204 e. The molecule has 1 nitrogen and oxygen atoms in total. The van der Waals surface area contributed by atoms with Crippen molar-refractivity contribution in [1.82, 2.24) is 0 Å². The van der Waals surface area contributed by atoms with Gasteiger partial charge in [-0.2, -0.15) is 0 Å². The van der Waals surface area contributed by atoms with Crippen molar-refractivity contribution in [2.75, 3.05) is 0 Å². The summed E-state index contributed by atoms with van der Waals surface area (Å²) < 4.78 is 0.877. The van der Waals surface area contributed by atoms with Gasteiger partial charge in [-0.1, -0.05) is 17.2 Å². The molecule has 0 radical (unpaired) electrons. The maximum Gasteiger partial charge on any atom is 0.204 e. The zero-order valence-corrected chi connectivity index (χ0v) is 11.5. The van der Waals surface area contributed by atoms with Gasteiger partial charge in [0.15, 0.2) is 0 Å². The molecule has 0 aliphatic heterocycles. The molecule has 1 aromatic heterocycles. The van der Waals surface area contributed by atoms with Crippen LogP contribution in [0.3, 0.4) is 0 Å². The molecule has 0 aliphatic rings. The second-order valence-corrected chi connectivity index (χ2v) is 5.57. The molecule has 0 aliphatic carbocycles. The highest BCUT2D eigenvalue weighted by molar-refractivity contribution is 9.10. The third-order valence-corrected chi connectivity index (χ3v) is 4.14. The van der Waals surface area contributed by atoms with Gasteiger partial charge in [0, 0.05) is 10.0 Å². The number of thiophene rings is 1. The van der Waals surface area contributed by atoms with Crippen LogP contribution in [0.2, 0.25) is 0 Å². The molecule has 2 aromatic rings. The highest BCUT2D eigenvalue weighted by Gasteiger charge is 2.14. The van der Waals surface area contributed by atoms with E-state index in [1.54, 1.807) is 0 Å². The summed E-state index contributed by atoms with van der Waals surface area (Å²) in [6.45, 7) is 4.01. The SMILES string of the molecule is Cc1cc(C)cc(C(=O)c2sccc2Br)c1. The van der Waals surface area contributed by atoms with Crippen LogP contribution >= 0.6 is 27.3 Å². The zero-order chi connectivity index (χ0) is 11.7. The largest absolute Gasteiger partial charge is 0.288 e. The lowest BCUT2D eigenvalue weighted by molar-refractivity contribution is 0.104. The lowest BCUT2D eigenvalue weighted by Gasteiger charge is -2.03. The summed E-state index contributed by atoms with van der Waals surface area (Å²) in [6, 6.07) is 7.84. The summed E-state index contributed by atoms with van der Waals surface area (Å²) in [5.41, 5.74) is 3.01. The predicted octanol–water partition coefficient (Wildman–Crippen LogP) is 4.36. The van der Waals surface area contributed by atoms with Gasteiger partial charge < -0.3 is 0 Å². The van der Waals surface area contributed by atoms with Gasteiger partial charge in [-0.25, -0.2) is 0 Å². The highest BCUT2D eigenvalue weighted by Crippen LogP contribution is 2.26. The van der Waals surface area contributed by atoms with Crippen LogP contribution in [0.15, 0.2) is 34.1 Å². The summed E-state index contributed by atoms with van der Waals surface area (Å²) in [5, 5.41) is 1.92. The molecule has 82 valence electrons. The summed E-state index contributed by atoms with van der Waals surface area (Å²) in [7, 11) is 0. The van der Waals surface area contributed by atoms with E-state index in [1.807, 2.05) is 37.4 Å². The lowest BCUT2D eigenvalue weighted by Crippen LogP contribution is -2.00. The lowest BCUT2D eigenvalue weighted by atomic mass is 10.0. The summed E-state index contributed by atoms with van der Waals surface area (Å²) in [5.74, 6) is 0.0914. The Labute approximate surface area is 107 Å². The average molecular weight is 295 g/mol. The minimum absolute atomic E-state index is 0.0914. The topological polar surface area (TPSA) is 17.1 Å².